The summed E-state index contributed by atoms with van der Waals surface area (Å²) in [6, 6.07) is 4.20. The van der Waals surface area contributed by atoms with Gasteiger partial charge in [-0.1, -0.05) is 23.8 Å². The number of rotatable bonds is 2. The fourth-order valence-electron chi connectivity index (χ4n) is 4.69. The maximum absolute atomic E-state index is 12.7. The van der Waals surface area contributed by atoms with Crippen LogP contribution in [0.3, 0.4) is 0 Å². The van der Waals surface area contributed by atoms with Crippen molar-refractivity contribution in [3.8, 4) is 0 Å². The van der Waals surface area contributed by atoms with E-state index in [9.17, 15) is 9.90 Å². The molecule has 1 saturated carbocycles. The van der Waals surface area contributed by atoms with Gasteiger partial charge in [-0.15, -0.1) is 0 Å². The Hall–Kier alpha value is -1.45. The minimum absolute atomic E-state index is 0.128. The lowest BCUT2D eigenvalue weighted by molar-refractivity contribution is -0.119. The Labute approximate surface area is 151 Å². The summed E-state index contributed by atoms with van der Waals surface area (Å²) < 4.78 is 5.78. The molecule has 1 aliphatic heterocycles. The molecular weight excluding hydrogens is 312 g/mol. The van der Waals surface area contributed by atoms with Crippen LogP contribution in [0.2, 0.25) is 0 Å². The number of aliphatic hydroxyl groups is 1. The number of Topliss-reactive ketones (excluding diaryl/α,β-unsaturated/α-hetero) is 1. The van der Waals surface area contributed by atoms with Gasteiger partial charge in [0.25, 0.3) is 0 Å². The summed E-state index contributed by atoms with van der Waals surface area (Å²) in [5, 5.41) is 10.9. The van der Waals surface area contributed by atoms with Crippen LogP contribution >= 0.6 is 0 Å². The van der Waals surface area contributed by atoms with E-state index in [4.69, 9.17) is 4.74 Å². The second kappa shape index (κ2) is 6.69. The minimum Gasteiger partial charge on any atom is -0.388 e. The molecule has 0 radical (unpaired) electrons. The minimum atomic E-state index is -0.696. The van der Waals surface area contributed by atoms with E-state index in [2.05, 4.69) is 39.0 Å². The van der Waals surface area contributed by atoms with Gasteiger partial charge in [-0.3, -0.25) is 4.79 Å². The summed E-state index contributed by atoms with van der Waals surface area (Å²) in [6.45, 7) is 11.1. The van der Waals surface area contributed by atoms with Crippen molar-refractivity contribution >= 4 is 5.78 Å². The molecule has 3 heteroatoms. The fraction of sp³-hybridized carbons (Fsp3) is 0.591. The van der Waals surface area contributed by atoms with Crippen molar-refractivity contribution < 1.29 is 14.6 Å². The molecule has 0 spiro atoms. The van der Waals surface area contributed by atoms with Gasteiger partial charge in [-0.05, 0) is 75.6 Å². The predicted octanol–water partition coefficient (Wildman–Crippen LogP) is 4.16. The highest BCUT2D eigenvalue weighted by atomic mass is 16.5. The molecule has 0 bridgehead atoms. The summed E-state index contributed by atoms with van der Waals surface area (Å²) in [5.41, 5.74) is 5.18. The largest absolute Gasteiger partial charge is 0.388 e. The van der Waals surface area contributed by atoms with Crippen LogP contribution in [0.4, 0.5) is 0 Å². The van der Waals surface area contributed by atoms with E-state index in [1.807, 2.05) is 13.8 Å². The van der Waals surface area contributed by atoms with Crippen molar-refractivity contribution in [2.75, 3.05) is 6.61 Å². The molecule has 1 saturated heterocycles. The number of allylic oxidation sites excluding steroid dienone is 1. The van der Waals surface area contributed by atoms with Crippen molar-refractivity contribution in [1.29, 1.82) is 0 Å². The number of ketones is 1. The molecule has 1 aromatic carbocycles. The van der Waals surface area contributed by atoms with Crippen LogP contribution in [0.5, 0.6) is 0 Å². The standard InChI is InChI=1S/C22H30O3/c1-13-8-14(2)19(15(3)9-13)20-18(23)11-17(21(20)24)10-16-6-7-25-22(4,5)12-16/h8-10,16,20-21,24H,6-7,11-12H2,1-5H3/b17-10+. The first kappa shape index (κ1) is 18.3. The fourth-order valence-corrected chi connectivity index (χ4v) is 4.69. The maximum atomic E-state index is 12.7. The quantitative estimate of drug-likeness (QED) is 0.821. The molecule has 3 unspecified atom stereocenters. The Kier molecular flexibility index (Phi) is 4.91. The second-order valence-electron chi connectivity index (χ2n) is 8.48. The molecule has 1 aromatic rings. The van der Waals surface area contributed by atoms with Gasteiger partial charge in [0.2, 0.25) is 0 Å². The molecule has 3 atom stereocenters. The molecule has 2 aliphatic rings. The summed E-state index contributed by atoms with van der Waals surface area (Å²) in [6.07, 6.45) is 3.73. The van der Waals surface area contributed by atoms with Crippen molar-refractivity contribution in [2.45, 2.75) is 71.5 Å². The smallest absolute Gasteiger partial charge is 0.147 e. The Morgan fingerprint density at radius 2 is 1.84 bits per heavy atom. The SMILES string of the molecule is Cc1cc(C)c(C2C(=O)C/C(=C\C3CCOC(C)(C)C3)C2O)c(C)c1. The number of aryl methyl sites for hydroxylation is 3. The van der Waals surface area contributed by atoms with E-state index in [1.54, 1.807) is 0 Å². The van der Waals surface area contributed by atoms with Crippen LogP contribution in [-0.2, 0) is 9.53 Å². The predicted molar refractivity (Wildman–Crippen MR) is 99.9 cm³/mol. The number of ether oxygens (including phenoxy) is 1. The summed E-state index contributed by atoms with van der Waals surface area (Å²) in [7, 11) is 0. The molecule has 1 N–H and O–H groups in total. The molecule has 25 heavy (non-hydrogen) atoms. The third-order valence-corrected chi connectivity index (χ3v) is 5.65. The molecule has 0 aromatic heterocycles. The van der Waals surface area contributed by atoms with E-state index in [0.29, 0.717) is 12.3 Å². The van der Waals surface area contributed by atoms with Gasteiger partial charge in [0.15, 0.2) is 0 Å². The van der Waals surface area contributed by atoms with Crippen LogP contribution in [0, 0.1) is 26.7 Å². The first-order valence-corrected chi connectivity index (χ1v) is 9.31. The van der Waals surface area contributed by atoms with Gasteiger partial charge in [0.05, 0.1) is 17.6 Å². The van der Waals surface area contributed by atoms with E-state index in [1.165, 1.54) is 5.56 Å². The molecule has 3 nitrogen and oxygen atoms in total. The zero-order chi connectivity index (χ0) is 18.4. The zero-order valence-corrected chi connectivity index (χ0v) is 16.1. The summed E-state index contributed by atoms with van der Waals surface area (Å²) in [4.78, 5) is 12.7. The zero-order valence-electron chi connectivity index (χ0n) is 16.1. The Balaban J connectivity index is 1.88. The number of carbonyl (C=O) groups excluding carboxylic acids is 1. The van der Waals surface area contributed by atoms with E-state index in [0.717, 1.165) is 41.7 Å². The highest BCUT2D eigenvalue weighted by Crippen LogP contribution is 2.40. The molecule has 2 fully saturated rings. The Morgan fingerprint density at radius 1 is 1.20 bits per heavy atom. The van der Waals surface area contributed by atoms with Gasteiger partial charge >= 0.3 is 0 Å². The molecular formula is C22H30O3. The van der Waals surface area contributed by atoms with Crippen LogP contribution in [0.1, 0.15) is 61.3 Å². The Morgan fingerprint density at radius 3 is 2.44 bits per heavy atom. The normalized spacial score (nSPS) is 30.9. The first-order valence-electron chi connectivity index (χ1n) is 9.31. The van der Waals surface area contributed by atoms with E-state index >= 15 is 0 Å². The molecule has 136 valence electrons. The molecule has 0 amide bonds. The van der Waals surface area contributed by atoms with Gasteiger partial charge < -0.3 is 9.84 Å². The molecule has 1 aliphatic carbocycles. The average Bonchev–Trinajstić information content (AvgIpc) is 2.73. The number of hydrogen-bond acceptors (Lipinski definition) is 3. The van der Waals surface area contributed by atoms with Gasteiger partial charge in [-0.2, -0.15) is 0 Å². The lowest BCUT2D eigenvalue weighted by Crippen LogP contribution is -2.33. The number of benzene rings is 1. The van der Waals surface area contributed by atoms with Crippen LogP contribution in [0.15, 0.2) is 23.8 Å². The van der Waals surface area contributed by atoms with E-state index in [-0.39, 0.29) is 11.4 Å². The average molecular weight is 342 g/mol. The maximum Gasteiger partial charge on any atom is 0.147 e. The van der Waals surface area contributed by atoms with Crippen molar-refractivity contribution in [1.82, 2.24) is 0 Å². The van der Waals surface area contributed by atoms with Crippen LogP contribution in [0.25, 0.3) is 0 Å². The third-order valence-electron chi connectivity index (χ3n) is 5.65. The lowest BCUT2D eigenvalue weighted by Gasteiger charge is -2.34. The third kappa shape index (κ3) is 3.73. The van der Waals surface area contributed by atoms with Crippen LogP contribution < -0.4 is 0 Å². The van der Waals surface area contributed by atoms with Gasteiger partial charge in [-0.25, -0.2) is 0 Å². The molecule has 3 rings (SSSR count). The highest BCUT2D eigenvalue weighted by Gasteiger charge is 2.40. The monoisotopic (exact) mass is 342 g/mol. The van der Waals surface area contributed by atoms with Gasteiger partial charge in [0, 0.05) is 13.0 Å². The van der Waals surface area contributed by atoms with Crippen molar-refractivity contribution in [2.24, 2.45) is 5.92 Å². The number of carbonyl (C=O) groups is 1. The number of hydrogen-bond donors (Lipinski definition) is 1. The van der Waals surface area contributed by atoms with Crippen molar-refractivity contribution in [3.63, 3.8) is 0 Å². The summed E-state index contributed by atoms with van der Waals surface area (Å²) >= 11 is 0. The Bertz CT molecular complexity index is 691. The highest BCUT2D eigenvalue weighted by molar-refractivity contribution is 5.93. The lowest BCUT2D eigenvalue weighted by atomic mass is 9.84. The van der Waals surface area contributed by atoms with Gasteiger partial charge in [0.1, 0.15) is 5.78 Å². The second-order valence-corrected chi connectivity index (χ2v) is 8.48. The number of aliphatic hydroxyl groups excluding tert-OH is 1. The van der Waals surface area contributed by atoms with Crippen molar-refractivity contribution in [3.05, 3.63) is 46.0 Å². The van der Waals surface area contributed by atoms with E-state index < -0.39 is 12.0 Å². The summed E-state index contributed by atoms with van der Waals surface area (Å²) in [5.74, 6) is 0.0972. The topological polar surface area (TPSA) is 46.5 Å². The first-order chi connectivity index (χ1) is 11.7. The molecule has 1 heterocycles. The van der Waals surface area contributed by atoms with Crippen LogP contribution in [-0.4, -0.2) is 29.2 Å².